The molecule has 0 saturated carbocycles. The van der Waals surface area contributed by atoms with Gasteiger partial charge in [-0.3, -0.25) is 9.58 Å². The smallest absolute Gasteiger partial charge is 0.165 e. The summed E-state index contributed by atoms with van der Waals surface area (Å²) in [5.41, 5.74) is 4.00. The Hall–Kier alpha value is -2.52. The number of rotatable bonds is 5. The molecule has 0 aliphatic carbocycles. The average molecular weight is 370 g/mol. The van der Waals surface area contributed by atoms with Gasteiger partial charge in [0, 0.05) is 45.5 Å². The van der Waals surface area contributed by atoms with Gasteiger partial charge < -0.3 is 14.2 Å². The Morgan fingerprint density at radius 1 is 1.15 bits per heavy atom. The van der Waals surface area contributed by atoms with Crippen molar-refractivity contribution in [2.24, 2.45) is 14.1 Å². The van der Waals surface area contributed by atoms with Crippen LogP contribution in [-0.2, 0) is 31.9 Å². The normalized spacial score (nSPS) is 15.2. The predicted octanol–water partition coefficient (Wildman–Crippen LogP) is 0.874. The Morgan fingerprint density at radius 2 is 1.93 bits per heavy atom. The van der Waals surface area contributed by atoms with Crippen molar-refractivity contribution < 1.29 is 4.74 Å². The van der Waals surface area contributed by atoms with E-state index in [1.807, 2.05) is 30.3 Å². The number of hydrogen-bond donors (Lipinski definition) is 0. The lowest BCUT2D eigenvalue weighted by molar-refractivity contribution is 0.122. The molecular weight excluding hydrogens is 344 g/mol. The van der Waals surface area contributed by atoms with Crippen molar-refractivity contribution in [3.05, 3.63) is 29.6 Å². The van der Waals surface area contributed by atoms with Gasteiger partial charge in [0.2, 0.25) is 0 Å². The van der Waals surface area contributed by atoms with Gasteiger partial charge in [-0.25, -0.2) is 15.0 Å². The zero-order valence-corrected chi connectivity index (χ0v) is 16.4. The fourth-order valence-corrected chi connectivity index (χ4v) is 3.49. The molecule has 144 valence electrons. The van der Waals surface area contributed by atoms with Crippen LogP contribution < -0.4 is 4.90 Å². The summed E-state index contributed by atoms with van der Waals surface area (Å²) in [5.74, 6) is 1.71. The van der Waals surface area contributed by atoms with Crippen LogP contribution in [0, 0.1) is 6.92 Å². The van der Waals surface area contributed by atoms with Crippen LogP contribution in [0.3, 0.4) is 0 Å². The molecule has 9 heteroatoms. The molecule has 1 aliphatic rings. The molecule has 1 fully saturated rings. The molecule has 0 N–H and O–H groups in total. The molecule has 1 aliphatic heterocycles. The Morgan fingerprint density at radius 3 is 2.63 bits per heavy atom. The standard InChI is InChI=1S/C18H26N8O/c1-13-14(10-25(4)22-13)9-23(2)11-15-20-17-16(19-12-24(17)3)18(21-15)26-5-7-27-8-6-26/h10,12H,5-9,11H2,1-4H3. The van der Waals surface area contributed by atoms with Crippen LogP contribution in [0.25, 0.3) is 11.2 Å². The van der Waals surface area contributed by atoms with Gasteiger partial charge in [0.15, 0.2) is 17.0 Å². The van der Waals surface area contributed by atoms with E-state index in [0.29, 0.717) is 19.8 Å². The summed E-state index contributed by atoms with van der Waals surface area (Å²) in [6, 6.07) is 0. The third-order valence-electron chi connectivity index (χ3n) is 4.86. The van der Waals surface area contributed by atoms with Gasteiger partial charge in [-0.15, -0.1) is 0 Å². The second kappa shape index (κ2) is 7.24. The zero-order valence-electron chi connectivity index (χ0n) is 16.4. The van der Waals surface area contributed by atoms with E-state index in [0.717, 1.165) is 48.1 Å². The van der Waals surface area contributed by atoms with E-state index in [4.69, 9.17) is 14.7 Å². The monoisotopic (exact) mass is 370 g/mol. The van der Waals surface area contributed by atoms with E-state index < -0.39 is 0 Å². The van der Waals surface area contributed by atoms with E-state index in [2.05, 4.69) is 33.1 Å². The largest absolute Gasteiger partial charge is 0.378 e. The Labute approximate surface area is 158 Å². The highest BCUT2D eigenvalue weighted by Gasteiger charge is 2.20. The predicted molar refractivity (Wildman–Crippen MR) is 102 cm³/mol. The summed E-state index contributed by atoms with van der Waals surface area (Å²) < 4.78 is 9.29. The fraction of sp³-hybridized carbons (Fsp3) is 0.556. The van der Waals surface area contributed by atoms with Gasteiger partial charge >= 0.3 is 0 Å². The van der Waals surface area contributed by atoms with E-state index in [9.17, 15) is 0 Å². The van der Waals surface area contributed by atoms with Gasteiger partial charge in [-0.2, -0.15) is 5.10 Å². The van der Waals surface area contributed by atoms with E-state index in [1.165, 1.54) is 5.56 Å². The van der Waals surface area contributed by atoms with E-state index >= 15 is 0 Å². The third-order valence-corrected chi connectivity index (χ3v) is 4.86. The molecule has 0 aromatic carbocycles. The Balaban J connectivity index is 1.61. The quantitative estimate of drug-likeness (QED) is 0.660. The number of morpholine rings is 1. The maximum atomic E-state index is 5.49. The molecule has 1 saturated heterocycles. The van der Waals surface area contributed by atoms with E-state index in [-0.39, 0.29) is 0 Å². The number of aryl methyl sites for hydroxylation is 3. The highest BCUT2D eigenvalue weighted by atomic mass is 16.5. The molecule has 0 amide bonds. The molecule has 4 rings (SSSR count). The highest BCUT2D eigenvalue weighted by molar-refractivity contribution is 5.83. The topological polar surface area (TPSA) is 77.1 Å². The van der Waals surface area contributed by atoms with Crippen molar-refractivity contribution in [1.82, 2.24) is 34.2 Å². The molecule has 27 heavy (non-hydrogen) atoms. The van der Waals surface area contributed by atoms with Gasteiger partial charge in [-0.1, -0.05) is 0 Å². The van der Waals surface area contributed by atoms with Crippen LogP contribution in [0.5, 0.6) is 0 Å². The molecule has 0 atom stereocenters. The molecule has 0 radical (unpaired) electrons. The van der Waals surface area contributed by atoms with Gasteiger partial charge in [0.25, 0.3) is 0 Å². The summed E-state index contributed by atoms with van der Waals surface area (Å²) in [6.07, 6.45) is 3.87. The van der Waals surface area contributed by atoms with Crippen LogP contribution >= 0.6 is 0 Å². The Kier molecular flexibility index (Phi) is 4.79. The summed E-state index contributed by atoms with van der Waals surface area (Å²) in [4.78, 5) is 18.6. The van der Waals surface area contributed by atoms with E-state index in [1.54, 1.807) is 6.33 Å². The first kappa shape index (κ1) is 17.9. The third kappa shape index (κ3) is 3.65. The zero-order chi connectivity index (χ0) is 19.0. The maximum absolute atomic E-state index is 5.49. The first-order chi connectivity index (χ1) is 13.0. The first-order valence-electron chi connectivity index (χ1n) is 9.19. The summed E-state index contributed by atoms with van der Waals surface area (Å²) in [5, 5.41) is 4.42. The van der Waals surface area contributed by atoms with Crippen molar-refractivity contribution in [1.29, 1.82) is 0 Å². The molecule has 9 nitrogen and oxygen atoms in total. The van der Waals surface area contributed by atoms with Crippen LogP contribution in [0.2, 0.25) is 0 Å². The van der Waals surface area contributed by atoms with Crippen molar-refractivity contribution in [2.45, 2.75) is 20.0 Å². The number of fused-ring (bicyclic) bond motifs is 1. The molecule has 3 aromatic rings. The van der Waals surface area contributed by atoms with Crippen molar-refractivity contribution in [3.8, 4) is 0 Å². The molecule has 0 spiro atoms. The second-order valence-electron chi connectivity index (χ2n) is 7.18. The Bertz CT molecular complexity index is 940. The minimum atomic E-state index is 0.660. The lowest BCUT2D eigenvalue weighted by Crippen LogP contribution is -2.37. The number of nitrogens with zero attached hydrogens (tertiary/aromatic N) is 8. The van der Waals surface area contributed by atoms with Crippen LogP contribution in [0.15, 0.2) is 12.5 Å². The molecule has 0 bridgehead atoms. The lowest BCUT2D eigenvalue weighted by atomic mass is 10.2. The van der Waals surface area contributed by atoms with Crippen molar-refractivity contribution in [2.75, 3.05) is 38.3 Å². The lowest BCUT2D eigenvalue weighted by Gasteiger charge is -2.28. The highest BCUT2D eigenvalue weighted by Crippen LogP contribution is 2.23. The van der Waals surface area contributed by atoms with Crippen LogP contribution in [0.1, 0.15) is 17.1 Å². The fourth-order valence-electron chi connectivity index (χ4n) is 3.49. The molecule has 0 unspecified atom stereocenters. The number of anilines is 1. The molecule has 4 heterocycles. The van der Waals surface area contributed by atoms with Crippen molar-refractivity contribution >= 4 is 17.0 Å². The number of hydrogen-bond acceptors (Lipinski definition) is 7. The van der Waals surface area contributed by atoms with Crippen LogP contribution in [0.4, 0.5) is 5.82 Å². The minimum absolute atomic E-state index is 0.660. The number of imidazole rings is 1. The van der Waals surface area contributed by atoms with Crippen molar-refractivity contribution in [3.63, 3.8) is 0 Å². The van der Waals surface area contributed by atoms with Gasteiger partial charge in [0.05, 0.1) is 31.8 Å². The first-order valence-corrected chi connectivity index (χ1v) is 9.19. The minimum Gasteiger partial charge on any atom is -0.378 e. The number of aromatic nitrogens is 6. The molecule has 3 aromatic heterocycles. The summed E-state index contributed by atoms with van der Waals surface area (Å²) >= 11 is 0. The summed E-state index contributed by atoms with van der Waals surface area (Å²) in [7, 11) is 6.00. The van der Waals surface area contributed by atoms with Crippen LogP contribution in [-0.4, -0.2) is 67.6 Å². The average Bonchev–Trinajstić information content (AvgIpc) is 3.17. The number of ether oxygens (including phenoxy) is 1. The summed E-state index contributed by atoms with van der Waals surface area (Å²) in [6.45, 7) is 6.59. The second-order valence-corrected chi connectivity index (χ2v) is 7.18. The maximum Gasteiger partial charge on any atom is 0.165 e. The molecular formula is C18H26N8O. The van der Waals surface area contributed by atoms with Gasteiger partial charge in [-0.05, 0) is 14.0 Å². The SMILES string of the molecule is Cc1nn(C)cc1CN(C)Cc1nc(N2CCOCC2)c2ncn(C)c2n1. The van der Waals surface area contributed by atoms with Gasteiger partial charge in [0.1, 0.15) is 5.82 Å².